The highest BCUT2D eigenvalue weighted by Crippen LogP contribution is 2.06. The van der Waals surface area contributed by atoms with Crippen LogP contribution in [0.25, 0.3) is 0 Å². The first-order valence-electron chi connectivity index (χ1n) is 7.64. The van der Waals surface area contributed by atoms with Gasteiger partial charge in [0.2, 0.25) is 5.91 Å². The minimum atomic E-state index is -0.515. The first-order chi connectivity index (χ1) is 10.9. The minimum Gasteiger partial charge on any atom is -0.444 e. The summed E-state index contributed by atoms with van der Waals surface area (Å²) in [6.45, 7) is 6.12. The molecule has 124 valence electrons. The van der Waals surface area contributed by atoms with Crippen LogP contribution in [0.2, 0.25) is 0 Å². The third-order valence-corrected chi connectivity index (χ3v) is 2.63. The lowest BCUT2D eigenvalue weighted by Gasteiger charge is -2.19. The van der Waals surface area contributed by atoms with Crippen LogP contribution in [0.1, 0.15) is 39.2 Å². The van der Waals surface area contributed by atoms with Crippen molar-refractivity contribution in [2.24, 2.45) is 0 Å². The molecule has 5 nitrogen and oxygen atoms in total. The van der Waals surface area contributed by atoms with Gasteiger partial charge in [0.1, 0.15) is 5.60 Å². The molecule has 5 heteroatoms. The van der Waals surface area contributed by atoms with Gasteiger partial charge in [0, 0.05) is 18.5 Å². The molecule has 1 aromatic rings. The molecule has 0 aliphatic carbocycles. The van der Waals surface area contributed by atoms with Gasteiger partial charge < -0.3 is 15.4 Å². The molecule has 23 heavy (non-hydrogen) atoms. The zero-order chi connectivity index (χ0) is 17.1. The maximum Gasteiger partial charge on any atom is 0.407 e. The highest BCUT2D eigenvalue weighted by atomic mass is 16.6. The molecule has 0 heterocycles. The van der Waals surface area contributed by atoms with E-state index < -0.39 is 11.7 Å². The zero-order valence-electron chi connectivity index (χ0n) is 13.9. The zero-order valence-corrected chi connectivity index (χ0v) is 13.9. The number of carbonyl (C=O) groups excluding carboxylic acids is 2. The smallest absolute Gasteiger partial charge is 0.407 e. The molecule has 0 spiro atoms. The Labute approximate surface area is 137 Å². The maximum atomic E-state index is 11.6. The van der Waals surface area contributed by atoms with Gasteiger partial charge in [-0.25, -0.2) is 4.79 Å². The van der Waals surface area contributed by atoms with E-state index in [1.54, 1.807) is 20.8 Å². The average Bonchev–Trinajstić information content (AvgIpc) is 2.47. The number of amides is 2. The van der Waals surface area contributed by atoms with E-state index in [-0.39, 0.29) is 5.91 Å². The Morgan fingerprint density at radius 1 is 1.13 bits per heavy atom. The van der Waals surface area contributed by atoms with Crippen LogP contribution in [0.4, 0.5) is 4.79 Å². The Morgan fingerprint density at radius 2 is 1.83 bits per heavy atom. The molecular formula is C18H24N2O3. The number of hydrogen-bond acceptors (Lipinski definition) is 3. The number of carbonyl (C=O) groups is 2. The molecule has 1 aromatic carbocycles. The van der Waals surface area contributed by atoms with Gasteiger partial charge in [0.25, 0.3) is 0 Å². The van der Waals surface area contributed by atoms with Crippen LogP contribution < -0.4 is 10.6 Å². The Morgan fingerprint density at radius 3 is 2.48 bits per heavy atom. The van der Waals surface area contributed by atoms with Gasteiger partial charge >= 0.3 is 6.09 Å². The van der Waals surface area contributed by atoms with Crippen molar-refractivity contribution in [2.75, 3.05) is 13.1 Å². The summed E-state index contributed by atoms with van der Waals surface area (Å²) in [6, 6.07) is 9.59. The van der Waals surface area contributed by atoms with Gasteiger partial charge in [-0.15, -0.1) is 0 Å². The van der Waals surface area contributed by atoms with Crippen LogP contribution in [-0.4, -0.2) is 30.7 Å². The summed E-state index contributed by atoms with van der Waals surface area (Å²) in [5, 5.41) is 5.34. The van der Waals surface area contributed by atoms with Crippen molar-refractivity contribution < 1.29 is 14.3 Å². The number of rotatable bonds is 5. The molecule has 0 radical (unpaired) electrons. The second-order valence-corrected chi connectivity index (χ2v) is 5.98. The predicted octanol–water partition coefficient (Wildman–Crippen LogP) is 2.46. The van der Waals surface area contributed by atoms with Crippen LogP contribution in [0.3, 0.4) is 0 Å². The standard InChI is InChI=1S/C18H24N2O3/c1-18(2,3)23-17(22)20-14-8-12-16(21)19-13-7-11-15-9-5-4-6-10-15/h4-6,9-10H,8,12-14H2,1-3H3,(H,19,21)(H,20,22). The first-order valence-corrected chi connectivity index (χ1v) is 7.64. The fraction of sp³-hybridized carbons (Fsp3) is 0.444. The number of ether oxygens (including phenoxy) is 1. The topological polar surface area (TPSA) is 67.4 Å². The van der Waals surface area contributed by atoms with Crippen molar-refractivity contribution in [3.8, 4) is 11.8 Å². The van der Waals surface area contributed by atoms with Crippen molar-refractivity contribution in [2.45, 2.75) is 39.2 Å². The van der Waals surface area contributed by atoms with E-state index in [9.17, 15) is 9.59 Å². The fourth-order valence-electron chi connectivity index (χ4n) is 1.65. The molecule has 0 saturated heterocycles. The molecule has 0 fully saturated rings. The first kappa shape index (κ1) is 18.6. The van der Waals surface area contributed by atoms with Gasteiger partial charge in [0.05, 0.1) is 6.54 Å². The van der Waals surface area contributed by atoms with Gasteiger partial charge in [-0.1, -0.05) is 30.0 Å². The highest BCUT2D eigenvalue weighted by Gasteiger charge is 2.15. The lowest BCUT2D eigenvalue weighted by Crippen LogP contribution is -2.33. The number of alkyl carbamates (subject to hydrolysis) is 1. The summed E-state index contributed by atoms with van der Waals surface area (Å²) in [4.78, 5) is 23.0. The van der Waals surface area contributed by atoms with Crippen LogP contribution in [-0.2, 0) is 9.53 Å². The lowest BCUT2D eigenvalue weighted by molar-refractivity contribution is -0.120. The van der Waals surface area contributed by atoms with E-state index in [0.29, 0.717) is 25.9 Å². The van der Waals surface area contributed by atoms with E-state index in [2.05, 4.69) is 22.5 Å². The Bertz CT molecular complexity index is 565. The molecule has 1 rings (SSSR count). The van der Waals surface area contributed by atoms with Crippen molar-refractivity contribution >= 4 is 12.0 Å². The number of benzene rings is 1. The summed E-state index contributed by atoms with van der Waals surface area (Å²) in [6.07, 6.45) is 0.423. The molecule has 0 aromatic heterocycles. The van der Waals surface area contributed by atoms with Crippen molar-refractivity contribution in [1.82, 2.24) is 10.6 Å². The van der Waals surface area contributed by atoms with Gasteiger partial charge in [0.15, 0.2) is 0 Å². The van der Waals surface area contributed by atoms with Crippen LogP contribution in [0.5, 0.6) is 0 Å². The molecule has 0 saturated carbocycles. The van der Waals surface area contributed by atoms with E-state index in [0.717, 1.165) is 5.56 Å². The van der Waals surface area contributed by atoms with E-state index in [1.807, 2.05) is 30.3 Å². The Balaban J connectivity index is 2.11. The minimum absolute atomic E-state index is 0.0849. The van der Waals surface area contributed by atoms with Gasteiger partial charge in [-0.3, -0.25) is 4.79 Å². The SMILES string of the molecule is CC(C)(C)OC(=O)NCCCC(=O)NCC#Cc1ccccc1. The molecule has 2 N–H and O–H groups in total. The normalized spacial score (nSPS) is 10.2. The summed E-state index contributed by atoms with van der Waals surface area (Å²) in [5.41, 5.74) is 0.405. The molecule has 2 amide bonds. The highest BCUT2D eigenvalue weighted by molar-refractivity contribution is 5.76. The van der Waals surface area contributed by atoms with E-state index in [1.165, 1.54) is 0 Å². The van der Waals surface area contributed by atoms with Crippen molar-refractivity contribution in [3.63, 3.8) is 0 Å². The summed E-state index contributed by atoms with van der Waals surface area (Å²) in [7, 11) is 0. The van der Waals surface area contributed by atoms with E-state index in [4.69, 9.17) is 4.74 Å². The maximum absolute atomic E-state index is 11.6. The Kier molecular flexibility index (Phi) is 7.69. The summed E-state index contributed by atoms with van der Waals surface area (Å²) < 4.78 is 5.10. The number of hydrogen-bond donors (Lipinski definition) is 2. The van der Waals surface area contributed by atoms with Crippen LogP contribution in [0.15, 0.2) is 30.3 Å². The average molecular weight is 316 g/mol. The summed E-state index contributed by atoms with van der Waals surface area (Å²) in [5.74, 6) is 5.78. The van der Waals surface area contributed by atoms with Gasteiger partial charge in [-0.05, 0) is 39.3 Å². The number of nitrogens with one attached hydrogen (secondary N) is 2. The summed E-state index contributed by atoms with van der Waals surface area (Å²) >= 11 is 0. The molecule has 0 aliphatic heterocycles. The van der Waals surface area contributed by atoms with Crippen molar-refractivity contribution in [3.05, 3.63) is 35.9 Å². The second kappa shape index (κ2) is 9.52. The molecule has 0 bridgehead atoms. The molecular weight excluding hydrogens is 292 g/mol. The quantitative estimate of drug-likeness (QED) is 0.648. The van der Waals surface area contributed by atoms with E-state index >= 15 is 0 Å². The predicted molar refractivity (Wildman–Crippen MR) is 89.8 cm³/mol. The molecule has 0 unspecified atom stereocenters. The molecule has 0 atom stereocenters. The van der Waals surface area contributed by atoms with Crippen LogP contribution >= 0.6 is 0 Å². The second-order valence-electron chi connectivity index (χ2n) is 5.98. The third kappa shape index (κ3) is 9.97. The Hall–Kier alpha value is -2.48. The third-order valence-electron chi connectivity index (χ3n) is 2.63. The van der Waals surface area contributed by atoms with Crippen LogP contribution in [0, 0.1) is 11.8 Å². The molecule has 0 aliphatic rings. The van der Waals surface area contributed by atoms with Crippen molar-refractivity contribution in [1.29, 1.82) is 0 Å². The van der Waals surface area contributed by atoms with Gasteiger partial charge in [-0.2, -0.15) is 0 Å². The fourth-order valence-corrected chi connectivity index (χ4v) is 1.65. The monoisotopic (exact) mass is 316 g/mol. The largest absolute Gasteiger partial charge is 0.444 e. The lowest BCUT2D eigenvalue weighted by atomic mass is 10.2.